The zero-order chi connectivity index (χ0) is 15.3. The van der Waals surface area contributed by atoms with E-state index < -0.39 is 24.0 Å². The summed E-state index contributed by atoms with van der Waals surface area (Å²) in [5.74, 6) is -1.10. The van der Waals surface area contributed by atoms with Crippen molar-refractivity contribution >= 4 is 18.0 Å². The number of methoxy groups -OCH3 is 1. The zero-order valence-electron chi connectivity index (χ0n) is 11.4. The van der Waals surface area contributed by atoms with Gasteiger partial charge < -0.3 is 24.9 Å². The van der Waals surface area contributed by atoms with Crippen molar-refractivity contribution in [3.63, 3.8) is 0 Å². The highest BCUT2D eigenvalue weighted by Gasteiger charge is 2.17. The molecule has 3 N–H and O–H groups in total. The molecule has 0 aromatic carbocycles. The first-order chi connectivity index (χ1) is 9.35. The van der Waals surface area contributed by atoms with Gasteiger partial charge in [0.25, 0.3) is 0 Å². The number of carboxylic acids is 1. The van der Waals surface area contributed by atoms with E-state index in [1.54, 1.807) is 0 Å². The number of ether oxygens (including phenoxy) is 1. The molecule has 1 aromatic heterocycles. The fraction of sp³-hybridized carbons (Fsp3) is 0.417. The number of carbonyl (C=O) groups is 3. The number of furan rings is 1. The quantitative estimate of drug-likeness (QED) is 0.683. The molecule has 0 radical (unpaired) electrons. The average Bonchev–Trinajstić information content (AvgIpc) is 2.76. The Balaban J connectivity index is 2.51. The van der Waals surface area contributed by atoms with E-state index >= 15 is 0 Å². The van der Waals surface area contributed by atoms with E-state index in [1.807, 2.05) is 0 Å². The maximum absolute atomic E-state index is 11.5. The molecular weight excluding hydrogens is 268 g/mol. The molecule has 110 valence electrons. The van der Waals surface area contributed by atoms with Crippen LogP contribution >= 0.6 is 0 Å². The van der Waals surface area contributed by atoms with E-state index in [0.29, 0.717) is 5.76 Å². The molecule has 0 fully saturated rings. The molecule has 1 rings (SSSR count). The van der Waals surface area contributed by atoms with Crippen molar-refractivity contribution in [2.75, 3.05) is 7.11 Å². The summed E-state index contributed by atoms with van der Waals surface area (Å²) < 4.78 is 9.64. The Bertz CT molecular complexity index is 522. The van der Waals surface area contributed by atoms with Crippen LogP contribution in [0.15, 0.2) is 10.5 Å². The van der Waals surface area contributed by atoms with Gasteiger partial charge in [-0.05, 0) is 19.9 Å². The van der Waals surface area contributed by atoms with Gasteiger partial charge in [-0.1, -0.05) is 0 Å². The van der Waals surface area contributed by atoms with Gasteiger partial charge in [-0.15, -0.1) is 0 Å². The van der Waals surface area contributed by atoms with Crippen LogP contribution in [0.5, 0.6) is 0 Å². The third-order valence-electron chi connectivity index (χ3n) is 2.52. The normalized spacial score (nSPS) is 11.6. The van der Waals surface area contributed by atoms with Crippen LogP contribution in [-0.4, -0.2) is 36.2 Å². The lowest BCUT2D eigenvalue weighted by Gasteiger charge is -2.11. The zero-order valence-corrected chi connectivity index (χ0v) is 11.4. The summed E-state index contributed by atoms with van der Waals surface area (Å²) in [7, 11) is 1.22. The lowest BCUT2D eigenvalue weighted by atomic mass is 10.2. The molecule has 8 nitrogen and oxygen atoms in total. The molecule has 0 bridgehead atoms. The van der Waals surface area contributed by atoms with Gasteiger partial charge in [-0.3, -0.25) is 0 Å². The molecule has 0 saturated heterocycles. The van der Waals surface area contributed by atoms with Crippen LogP contribution in [0, 0.1) is 6.92 Å². The molecule has 2 amide bonds. The average molecular weight is 284 g/mol. The lowest BCUT2D eigenvalue weighted by Crippen LogP contribution is -2.44. The second kappa shape index (κ2) is 6.60. The number of carboxylic acid groups (broad SMARTS) is 1. The van der Waals surface area contributed by atoms with Gasteiger partial charge in [-0.2, -0.15) is 0 Å². The number of amides is 2. The van der Waals surface area contributed by atoms with Gasteiger partial charge in [-0.25, -0.2) is 14.4 Å². The maximum Gasteiger partial charge on any atom is 0.339 e. The third-order valence-corrected chi connectivity index (χ3v) is 2.52. The Morgan fingerprint density at radius 2 is 2.10 bits per heavy atom. The fourth-order valence-corrected chi connectivity index (χ4v) is 1.49. The Morgan fingerprint density at radius 1 is 1.45 bits per heavy atom. The summed E-state index contributed by atoms with van der Waals surface area (Å²) in [4.78, 5) is 33.4. The van der Waals surface area contributed by atoms with Crippen LogP contribution in [0.25, 0.3) is 0 Å². The largest absolute Gasteiger partial charge is 0.478 e. The van der Waals surface area contributed by atoms with Crippen molar-refractivity contribution in [2.24, 2.45) is 0 Å². The molecule has 8 heteroatoms. The van der Waals surface area contributed by atoms with Crippen molar-refractivity contribution in [1.29, 1.82) is 0 Å². The van der Waals surface area contributed by atoms with E-state index in [9.17, 15) is 14.4 Å². The molecule has 0 aliphatic heterocycles. The molecule has 0 aliphatic rings. The number of rotatable bonds is 5. The summed E-state index contributed by atoms with van der Waals surface area (Å²) in [5.41, 5.74) is 0.0464. The molecule has 0 aliphatic carbocycles. The SMILES string of the molecule is COC(=O)C(C)NC(=O)NCc1cc(C(=O)O)c(C)o1. The van der Waals surface area contributed by atoms with Gasteiger partial charge in [0, 0.05) is 0 Å². The van der Waals surface area contributed by atoms with Crippen LogP contribution in [0.3, 0.4) is 0 Å². The minimum Gasteiger partial charge on any atom is -0.478 e. The highest BCUT2D eigenvalue weighted by molar-refractivity contribution is 5.88. The number of urea groups is 1. The molecule has 1 heterocycles. The van der Waals surface area contributed by atoms with E-state index in [4.69, 9.17) is 9.52 Å². The lowest BCUT2D eigenvalue weighted by molar-refractivity contribution is -0.142. The highest BCUT2D eigenvalue weighted by atomic mass is 16.5. The number of carbonyl (C=O) groups excluding carboxylic acids is 2. The van der Waals surface area contributed by atoms with Crippen LogP contribution in [0.1, 0.15) is 28.8 Å². The maximum atomic E-state index is 11.5. The first-order valence-corrected chi connectivity index (χ1v) is 5.80. The van der Waals surface area contributed by atoms with E-state index in [1.165, 1.54) is 27.0 Å². The Hall–Kier alpha value is -2.51. The van der Waals surface area contributed by atoms with Crippen molar-refractivity contribution in [1.82, 2.24) is 10.6 Å². The summed E-state index contributed by atoms with van der Waals surface area (Å²) in [6, 6.07) is -0.0384. The van der Waals surface area contributed by atoms with Gasteiger partial charge >= 0.3 is 18.0 Å². The molecule has 20 heavy (non-hydrogen) atoms. The third kappa shape index (κ3) is 4.01. The predicted molar refractivity (Wildman–Crippen MR) is 67.3 cm³/mol. The summed E-state index contributed by atoms with van der Waals surface area (Å²) in [6.07, 6.45) is 0. The van der Waals surface area contributed by atoms with Crippen LogP contribution in [0.2, 0.25) is 0 Å². The fourth-order valence-electron chi connectivity index (χ4n) is 1.49. The first kappa shape index (κ1) is 15.5. The molecule has 1 atom stereocenters. The standard InChI is InChI=1S/C12H16N2O6/c1-6(11(17)19-3)14-12(18)13-5-8-4-9(10(15)16)7(2)20-8/h4,6H,5H2,1-3H3,(H,15,16)(H2,13,14,18). The summed E-state index contributed by atoms with van der Waals surface area (Å²) >= 11 is 0. The topological polar surface area (TPSA) is 118 Å². The van der Waals surface area contributed by atoms with Gasteiger partial charge in [0.2, 0.25) is 0 Å². The van der Waals surface area contributed by atoms with E-state index in [2.05, 4.69) is 15.4 Å². The number of esters is 1. The Kier molecular flexibility index (Phi) is 5.13. The number of nitrogens with one attached hydrogen (secondary N) is 2. The second-order valence-corrected chi connectivity index (χ2v) is 4.06. The molecule has 1 aromatic rings. The summed E-state index contributed by atoms with van der Waals surface area (Å²) in [5, 5.41) is 13.7. The van der Waals surface area contributed by atoms with Crippen molar-refractivity contribution in [2.45, 2.75) is 26.4 Å². The molecular formula is C12H16N2O6. The first-order valence-electron chi connectivity index (χ1n) is 5.80. The minimum atomic E-state index is -1.10. The monoisotopic (exact) mass is 284 g/mol. The van der Waals surface area contributed by atoms with Crippen LogP contribution in [0.4, 0.5) is 4.79 Å². The minimum absolute atomic E-state index is 0.00778. The van der Waals surface area contributed by atoms with Crippen LogP contribution in [-0.2, 0) is 16.1 Å². The van der Waals surface area contributed by atoms with Crippen molar-refractivity contribution < 1.29 is 28.6 Å². The van der Waals surface area contributed by atoms with Crippen molar-refractivity contribution in [3.05, 3.63) is 23.2 Å². The van der Waals surface area contributed by atoms with Gasteiger partial charge in [0.1, 0.15) is 23.1 Å². The predicted octanol–water partition coefficient (Wildman–Crippen LogP) is 0.647. The Labute approximate surface area is 115 Å². The number of aryl methyl sites for hydroxylation is 1. The molecule has 0 saturated carbocycles. The second-order valence-electron chi connectivity index (χ2n) is 4.06. The summed E-state index contributed by atoms with van der Waals surface area (Å²) in [6.45, 7) is 3.01. The number of hydrogen-bond donors (Lipinski definition) is 3. The van der Waals surface area contributed by atoms with Gasteiger partial charge in [0.15, 0.2) is 0 Å². The Morgan fingerprint density at radius 3 is 2.60 bits per heavy atom. The van der Waals surface area contributed by atoms with Crippen LogP contribution < -0.4 is 10.6 Å². The highest BCUT2D eigenvalue weighted by Crippen LogP contribution is 2.14. The number of hydrogen-bond acceptors (Lipinski definition) is 5. The van der Waals surface area contributed by atoms with Gasteiger partial charge in [0.05, 0.1) is 13.7 Å². The molecule has 1 unspecified atom stereocenters. The van der Waals surface area contributed by atoms with E-state index in [-0.39, 0.29) is 17.9 Å². The van der Waals surface area contributed by atoms with Crippen molar-refractivity contribution in [3.8, 4) is 0 Å². The smallest absolute Gasteiger partial charge is 0.339 e. The number of aromatic carboxylic acids is 1. The molecule has 0 spiro atoms. The van der Waals surface area contributed by atoms with E-state index in [0.717, 1.165) is 0 Å².